The Balaban J connectivity index is 2.64. The molecule has 104 valence electrons. The maximum Gasteiger partial charge on any atom is 0.306 e. The Morgan fingerprint density at radius 3 is 2.79 bits per heavy atom. The van der Waals surface area contributed by atoms with Crippen LogP contribution in [0.15, 0.2) is 22.7 Å². The molecular weight excluding hydrogens is 337 g/mol. The van der Waals surface area contributed by atoms with Crippen molar-refractivity contribution in [2.45, 2.75) is 12.5 Å². The Morgan fingerprint density at radius 1 is 1.53 bits per heavy atom. The lowest BCUT2D eigenvalue weighted by Gasteiger charge is -2.14. The second-order valence-electron chi connectivity index (χ2n) is 3.77. The second-order valence-corrected chi connectivity index (χ2v) is 5.00. The van der Waals surface area contributed by atoms with Gasteiger partial charge >= 0.3 is 5.97 Å². The number of hydrogen-bond acceptors (Lipinski definition) is 3. The first-order valence-corrected chi connectivity index (χ1v) is 6.59. The van der Waals surface area contributed by atoms with Crippen LogP contribution in [-0.2, 0) is 9.53 Å². The molecule has 0 saturated carbocycles. The van der Waals surface area contributed by atoms with E-state index in [1.54, 1.807) is 18.2 Å². The van der Waals surface area contributed by atoms with Crippen LogP contribution < -0.4 is 5.32 Å². The van der Waals surface area contributed by atoms with Crippen molar-refractivity contribution in [2.24, 2.45) is 0 Å². The van der Waals surface area contributed by atoms with Gasteiger partial charge in [0.2, 0.25) is 0 Å². The predicted octanol–water partition coefficient (Wildman–Crippen LogP) is 2.32. The molecule has 0 radical (unpaired) electrons. The van der Waals surface area contributed by atoms with Gasteiger partial charge < -0.3 is 15.2 Å². The van der Waals surface area contributed by atoms with Crippen molar-refractivity contribution in [3.63, 3.8) is 0 Å². The number of carboxylic acids is 1. The van der Waals surface area contributed by atoms with Crippen LogP contribution in [-0.4, -0.2) is 36.7 Å². The fraction of sp³-hybridized carbons (Fsp3) is 0.333. The zero-order valence-electron chi connectivity index (χ0n) is 10.2. The number of aliphatic carboxylic acids is 1. The molecule has 0 fully saturated rings. The molecule has 1 aromatic rings. The molecule has 1 unspecified atom stereocenters. The van der Waals surface area contributed by atoms with Crippen molar-refractivity contribution in [1.82, 2.24) is 5.32 Å². The Hall–Kier alpha value is -1.11. The zero-order valence-corrected chi connectivity index (χ0v) is 12.5. The van der Waals surface area contributed by atoms with Crippen molar-refractivity contribution in [2.75, 3.05) is 13.7 Å². The van der Waals surface area contributed by atoms with E-state index < -0.39 is 12.1 Å². The second kappa shape index (κ2) is 7.47. The molecule has 1 atom stereocenters. The van der Waals surface area contributed by atoms with Crippen molar-refractivity contribution >= 4 is 39.4 Å². The maximum atomic E-state index is 11.9. The number of carbonyl (C=O) groups is 2. The molecule has 0 aliphatic carbocycles. The molecule has 0 aromatic heterocycles. The minimum absolute atomic E-state index is 0.102. The van der Waals surface area contributed by atoms with Crippen LogP contribution in [0.1, 0.15) is 16.8 Å². The SMILES string of the molecule is COC(CNC(=O)c1cccc(Br)c1Cl)CC(=O)O. The highest BCUT2D eigenvalue weighted by atomic mass is 79.9. The molecule has 1 amide bonds. The summed E-state index contributed by atoms with van der Waals surface area (Å²) in [6.45, 7) is 0.102. The summed E-state index contributed by atoms with van der Waals surface area (Å²) in [6.07, 6.45) is -0.754. The topological polar surface area (TPSA) is 75.6 Å². The van der Waals surface area contributed by atoms with E-state index in [-0.39, 0.29) is 18.9 Å². The van der Waals surface area contributed by atoms with Gasteiger partial charge in [0, 0.05) is 18.1 Å². The Kier molecular flexibility index (Phi) is 6.27. The van der Waals surface area contributed by atoms with E-state index in [1.165, 1.54) is 7.11 Å². The lowest BCUT2D eigenvalue weighted by Crippen LogP contribution is -2.34. The highest BCUT2D eigenvalue weighted by Crippen LogP contribution is 2.25. The third kappa shape index (κ3) is 4.81. The van der Waals surface area contributed by atoms with Gasteiger partial charge in [-0.1, -0.05) is 17.7 Å². The molecule has 7 heteroatoms. The number of rotatable bonds is 6. The average molecular weight is 351 g/mol. The number of carbonyl (C=O) groups excluding carboxylic acids is 1. The van der Waals surface area contributed by atoms with Crippen molar-refractivity contribution < 1.29 is 19.4 Å². The molecule has 1 rings (SSSR count). The van der Waals surface area contributed by atoms with Crippen LogP contribution in [0.25, 0.3) is 0 Å². The largest absolute Gasteiger partial charge is 0.481 e. The molecule has 0 heterocycles. The monoisotopic (exact) mass is 349 g/mol. The summed E-state index contributed by atoms with van der Waals surface area (Å²) in [5.41, 5.74) is 0.321. The number of carboxylic acid groups (broad SMARTS) is 1. The minimum Gasteiger partial charge on any atom is -0.481 e. The summed E-state index contributed by atoms with van der Waals surface area (Å²) in [4.78, 5) is 22.5. The molecule has 0 spiro atoms. The molecule has 0 aliphatic heterocycles. The van der Waals surface area contributed by atoms with Crippen molar-refractivity contribution in [1.29, 1.82) is 0 Å². The first kappa shape index (κ1) is 15.9. The highest BCUT2D eigenvalue weighted by Gasteiger charge is 2.16. The van der Waals surface area contributed by atoms with Crippen LogP contribution in [0.4, 0.5) is 0 Å². The number of halogens is 2. The molecule has 5 nitrogen and oxygen atoms in total. The summed E-state index contributed by atoms with van der Waals surface area (Å²) in [6, 6.07) is 5.00. The van der Waals surface area contributed by atoms with Gasteiger partial charge in [-0.15, -0.1) is 0 Å². The number of amides is 1. The Labute approximate surface area is 124 Å². The highest BCUT2D eigenvalue weighted by molar-refractivity contribution is 9.10. The summed E-state index contributed by atoms with van der Waals surface area (Å²) in [5, 5.41) is 11.6. The molecule has 19 heavy (non-hydrogen) atoms. The standard InChI is InChI=1S/C12H13BrClNO4/c1-19-7(5-10(16)17)6-15-12(18)8-3-2-4-9(13)11(8)14/h2-4,7H,5-6H2,1H3,(H,15,18)(H,16,17). The van der Waals surface area contributed by atoms with Crippen LogP contribution in [0.2, 0.25) is 5.02 Å². The summed E-state index contributed by atoms with van der Waals surface area (Å²) in [5.74, 6) is -1.36. The van der Waals surface area contributed by atoms with E-state index in [0.29, 0.717) is 15.1 Å². The average Bonchev–Trinajstić information content (AvgIpc) is 2.37. The van der Waals surface area contributed by atoms with E-state index in [0.717, 1.165) is 0 Å². The van der Waals surface area contributed by atoms with Gasteiger partial charge in [-0.3, -0.25) is 9.59 Å². The van der Waals surface area contributed by atoms with Gasteiger partial charge in [0.15, 0.2) is 0 Å². The quantitative estimate of drug-likeness (QED) is 0.825. The van der Waals surface area contributed by atoms with Gasteiger partial charge in [0.25, 0.3) is 5.91 Å². The first-order chi connectivity index (χ1) is 8.95. The molecule has 2 N–H and O–H groups in total. The first-order valence-electron chi connectivity index (χ1n) is 5.42. The van der Waals surface area contributed by atoms with Crippen LogP contribution in [0, 0.1) is 0 Å². The van der Waals surface area contributed by atoms with E-state index in [9.17, 15) is 9.59 Å². The molecule has 0 bridgehead atoms. The van der Waals surface area contributed by atoms with Crippen LogP contribution in [0.5, 0.6) is 0 Å². The summed E-state index contributed by atoms with van der Waals surface area (Å²) < 4.78 is 5.58. The van der Waals surface area contributed by atoms with Gasteiger partial charge in [-0.05, 0) is 28.1 Å². The third-order valence-electron chi connectivity index (χ3n) is 2.42. The van der Waals surface area contributed by atoms with Crippen LogP contribution in [0.3, 0.4) is 0 Å². The number of ether oxygens (including phenoxy) is 1. The maximum absolute atomic E-state index is 11.9. The smallest absolute Gasteiger partial charge is 0.306 e. The van der Waals surface area contributed by atoms with Gasteiger partial charge in [0.05, 0.1) is 23.1 Å². The van der Waals surface area contributed by atoms with E-state index in [2.05, 4.69) is 21.2 Å². The van der Waals surface area contributed by atoms with E-state index >= 15 is 0 Å². The summed E-state index contributed by atoms with van der Waals surface area (Å²) >= 11 is 9.21. The number of methoxy groups -OCH3 is 1. The normalized spacial score (nSPS) is 11.9. The molecule has 0 aliphatic rings. The Bertz CT molecular complexity index is 481. The van der Waals surface area contributed by atoms with E-state index in [4.69, 9.17) is 21.4 Å². The van der Waals surface area contributed by atoms with Gasteiger partial charge in [-0.25, -0.2) is 0 Å². The fourth-order valence-corrected chi connectivity index (χ4v) is 1.99. The zero-order chi connectivity index (χ0) is 14.4. The fourth-order valence-electron chi connectivity index (χ4n) is 1.41. The summed E-state index contributed by atoms with van der Waals surface area (Å²) in [7, 11) is 1.39. The molecule has 1 aromatic carbocycles. The lowest BCUT2D eigenvalue weighted by atomic mass is 10.2. The Morgan fingerprint density at radius 2 is 2.21 bits per heavy atom. The molecular formula is C12H13BrClNO4. The number of hydrogen-bond donors (Lipinski definition) is 2. The van der Waals surface area contributed by atoms with Gasteiger partial charge in [-0.2, -0.15) is 0 Å². The van der Waals surface area contributed by atoms with Crippen molar-refractivity contribution in [3.05, 3.63) is 33.3 Å². The lowest BCUT2D eigenvalue weighted by molar-refractivity contribution is -0.139. The van der Waals surface area contributed by atoms with E-state index in [1.807, 2.05) is 0 Å². The van der Waals surface area contributed by atoms with Gasteiger partial charge in [0.1, 0.15) is 0 Å². The van der Waals surface area contributed by atoms with Crippen molar-refractivity contribution in [3.8, 4) is 0 Å². The third-order valence-corrected chi connectivity index (χ3v) is 3.72. The molecule has 0 saturated heterocycles. The number of benzene rings is 1. The number of nitrogens with one attached hydrogen (secondary N) is 1. The van der Waals surface area contributed by atoms with Crippen LogP contribution >= 0.6 is 27.5 Å². The minimum atomic E-state index is -0.985. The predicted molar refractivity (Wildman–Crippen MR) is 74.5 cm³/mol.